The quantitative estimate of drug-likeness (QED) is 0.822. The van der Waals surface area contributed by atoms with Crippen molar-refractivity contribution in [3.8, 4) is 0 Å². The fraction of sp³-hybridized carbons (Fsp3) is 0.467. The number of carbonyl (C=O) groups excluding carboxylic acids is 1. The molecular weight excluding hydrogens is 336 g/mol. The van der Waals surface area contributed by atoms with Crippen LogP contribution in [0.4, 0.5) is 4.79 Å². The molecule has 1 unspecified atom stereocenters. The van der Waals surface area contributed by atoms with Gasteiger partial charge in [0.05, 0.1) is 6.42 Å². The molecule has 1 aromatic carbocycles. The van der Waals surface area contributed by atoms with Crippen molar-refractivity contribution in [2.75, 3.05) is 7.05 Å². The third-order valence-electron chi connectivity index (χ3n) is 3.22. The molecule has 116 valence electrons. The summed E-state index contributed by atoms with van der Waals surface area (Å²) < 4.78 is 0.940. The Morgan fingerprint density at radius 2 is 1.95 bits per heavy atom. The predicted molar refractivity (Wildman–Crippen MR) is 85.0 cm³/mol. The van der Waals surface area contributed by atoms with Crippen molar-refractivity contribution < 1.29 is 14.7 Å². The molecule has 0 aliphatic carbocycles. The number of hydrogen-bond acceptors (Lipinski definition) is 2. The highest BCUT2D eigenvalue weighted by Gasteiger charge is 2.21. The number of rotatable bonds is 6. The van der Waals surface area contributed by atoms with Crippen molar-refractivity contribution in [2.24, 2.45) is 5.92 Å². The lowest BCUT2D eigenvalue weighted by molar-refractivity contribution is -0.137. The first-order valence-electron chi connectivity index (χ1n) is 6.78. The van der Waals surface area contributed by atoms with E-state index >= 15 is 0 Å². The van der Waals surface area contributed by atoms with Gasteiger partial charge in [-0.2, -0.15) is 0 Å². The summed E-state index contributed by atoms with van der Waals surface area (Å²) in [6.07, 6.45) is -0.0771. The van der Waals surface area contributed by atoms with E-state index in [0.29, 0.717) is 6.54 Å². The SMILES string of the molecule is CC(C)C(CC(=O)O)NC(=O)N(C)Cc1ccccc1Br. The summed E-state index contributed by atoms with van der Waals surface area (Å²) >= 11 is 3.44. The Hall–Kier alpha value is -1.56. The maximum atomic E-state index is 12.2. The van der Waals surface area contributed by atoms with Gasteiger partial charge in [-0.05, 0) is 17.5 Å². The summed E-state index contributed by atoms with van der Waals surface area (Å²) in [5.74, 6) is -0.857. The fourth-order valence-electron chi connectivity index (χ4n) is 1.86. The van der Waals surface area contributed by atoms with E-state index in [2.05, 4.69) is 21.2 Å². The highest BCUT2D eigenvalue weighted by atomic mass is 79.9. The molecule has 1 atom stereocenters. The monoisotopic (exact) mass is 356 g/mol. The van der Waals surface area contributed by atoms with Crippen LogP contribution in [0.5, 0.6) is 0 Å². The third-order valence-corrected chi connectivity index (χ3v) is 3.99. The van der Waals surface area contributed by atoms with Gasteiger partial charge in [-0.25, -0.2) is 4.79 Å². The van der Waals surface area contributed by atoms with Crippen LogP contribution in [0.25, 0.3) is 0 Å². The molecule has 0 saturated heterocycles. The minimum atomic E-state index is -0.914. The number of nitrogens with one attached hydrogen (secondary N) is 1. The van der Waals surface area contributed by atoms with Gasteiger partial charge in [-0.1, -0.05) is 48.0 Å². The fourth-order valence-corrected chi connectivity index (χ4v) is 2.27. The van der Waals surface area contributed by atoms with Crippen molar-refractivity contribution in [1.82, 2.24) is 10.2 Å². The van der Waals surface area contributed by atoms with Gasteiger partial charge in [0.1, 0.15) is 0 Å². The summed E-state index contributed by atoms with van der Waals surface area (Å²) in [6, 6.07) is 7.03. The summed E-state index contributed by atoms with van der Waals surface area (Å²) in [5.41, 5.74) is 0.995. The molecule has 1 aromatic rings. The Balaban J connectivity index is 2.65. The van der Waals surface area contributed by atoms with Gasteiger partial charge in [-0.3, -0.25) is 4.79 Å². The topological polar surface area (TPSA) is 69.6 Å². The lowest BCUT2D eigenvalue weighted by Crippen LogP contribution is -2.45. The van der Waals surface area contributed by atoms with E-state index in [1.54, 1.807) is 7.05 Å². The molecule has 0 saturated carbocycles. The predicted octanol–water partition coefficient (Wildman–Crippen LogP) is 3.09. The number of carboxylic acid groups (broad SMARTS) is 1. The Labute approximate surface area is 133 Å². The van der Waals surface area contributed by atoms with Crippen molar-refractivity contribution in [1.29, 1.82) is 0 Å². The van der Waals surface area contributed by atoms with E-state index in [1.807, 2.05) is 38.1 Å². The van der Waals surface area contributed by atoms with Crippen molar-refractivity contribution >= 4 is 27.9 Å². The lowest BCUT2D eigenvalue weighted by Gasteiger charge is -2.25. The van der Waals surface area contributed by atoms with Gasteiger partial charge in [-0.15, -0.1) is 0 Å². The number of benzene rings is 1. The summed E-state index contributed by atoms with van der Waals surface area (Å²) in [7, 11) is 1.69. The molecule has 2 amide bonds. The zero-order chi connectivity index (χ0) is 16.0. The molecule has 6 heteroatoms. The van der Waals surface area contributed by atoms with Crippen LogP contribution in [-0.4, -0.2) is 35.1 Å². The van der Waals surface area contributed by atoms with Gasteiger partial charge in [0.15, 0.2) is 0 Å². The molecule has 0 aliphatic rings. The van der Waals surface area contributed by atoms with Crippen LogP contribution in [-0.2, 0) is 11.3 Å². The van der Waals surface area contributed by atoms with Crippen molar-refractivity contribution in [3.63, 3.8) is 0 Å². The Morgan fingerprint density at radius 1 is 1.33 bits per heavy atom. The Bertz CT molecular complexity index is 505. The molecule has 0 radical (unpaired) electrons. The van der Waals surface area contributed by atoms with Crippen LogP contribution in [0.1, 0.15) is 25.8 Å². The van der Waals surface area contributed by atoms with Crippen LogP contribution in [0.2, 0.25) is 0 Å². The summed E-state index contributed by atoms with van der Waals surface area (Å²) in [5, 5.41) is 11.7. The molecule has 0 aliphatic heterocycles. The molecular formula is C15H21BrN2O3. The first kappa shape index (κ1) is 17.5. The number of hydrogen-bond donors (Lipinski definition) is 2. The maximum absolute atomic E-state index is 12.2. The van der Waals surface area contributed by atoms with Gasteiger partial charge < -0.3 is 15.3 Å². The zero-order valence-corrected chi connectivity index (χ0v) is 14.1. The zero-order valence-electron chi connectivity index (χ0n) is 12.5. The first-order valence-corrected chi connectivity index (χ1v) is 7.57. The second kappa shape index (κ2) is 8.02. The van der Waals surface area contributed by atoms with Gasteiger partial charge in [0.2, 0.25) is 0 Å². The normalized spacial score (nSPS) is 12.0. The van der Waals surface area contributed by atoms with E-state index in [1.165, 1.54) is 4.90 Å². The number of amides is 2. The van der Waals surface area contributed by atoms with Gasteiger partial charge in [0, 0.05) is 24.1 Å². The molecule has 0 aromatic heterocycles. The molecule has 2 N–H and O–H groups in total. The Kier molecular flexibility index (Phi) is 6.68. The summed E-state index contributed by atoms with van der Waals surface area (Å²) in [6.45, 7) is 4.23. The van der Waals surface area contributed by atoms with Crippen LogP contribution in [0.3, 0.4) is 0 Å². The lowest BCUT2D eigenvalue weighted by atomic mass is 10.0. The van der Waals surface area contributed by atoms with Gasteiger partial charge >= 0.3 is 12.0 Å². The van der Waals surface area contributed by atoms with E-state index in [0.717, 1.165) is 10.0 Å². The van der Waals surface area contributed by atoms with Crippen LogP contribution >= 0.6 is 15.9 Å². The summed E-state index contributed by atoms with van der Waals surface area (Å²) in [4.78, 5) is 24.5. The number of carbonyl (C=O) groups is 2. The number of aliphatic carboxylic acids is 1. The second-order valence-electron chi connectivity index (χ2n) is 5.35. The molecule has 21 heavy (non-hydrogen) atoms. The Morgan fingerprint density at radius 3 is 2.48 bits per heavy atom. The number of halogens is 1. The minimum absolute atomic E-state index is 0.0573. The van der Waals surface area contributed by atoms with Crippen LogP contribution in [0, 0.1) is 5.92 Å². The van der Waals surface area contributed by atoms with Crippen LogP contribution < -0.4 is 5.32 Å². The van der Waals surface area contributed by atoms with Crippen LogP contribution in [0.15, 0.2) is 28.7 Å². The van der Waals surface area contributed by atoms with Crippen molar-refractivity contribution in [3.05, 3.63) is 34.3 Å². The van der Waals surface area contributed by atoms with E-state index in [-0.39, 0.29) is 24.4 Å². The van der Waals surface area contributed by atoms with E-state index in [4.69, 9.17) is 5.11 Å². The molecule has 0 heterocycles. The van der Waals surface area contributed by atoms with E-state index in [9.17, 15) is 9.59 Å². The van der Waals surface area contributed by atoms with Gasteiger partial charge in [0.25, 0.3) is 0 Å². The third kappa shape index (κ3) is 5.75. The largest absolute Gasteiger partial charge is 0.481 e. The van der Waals surface area contributed by atoms with Crippen molar-refractivity contribution in [2.45, 2.75) is 32.9 Å². The average Bonchev–Trinajstić information content (AvgIpc) is 2.39. The highest BCUT2D eigenvalue weighted by molar-refractivity contribution is 9.10. The second-order valence-corrected chi connectivity index (χ2v) is 6.20. The molecule has 1 rings (SSSR count). The maximum Gasteiger partial charge on any atom is 0.317 e. The number of carboxylic acids is 1. The standard InChI is InChI=1S/C15H21BrN2O3/c1-10(2)13(8-14(19)20)17-15(21)18(3)9-11-6-4-5-7-12(11)16/h4-7,10,13H,8-9H2,1-3H3,(H,17,21)(H,19,20). The average molecular weight is 357 g/mol. The molecule has 5 nitrogen and oxygen atoms in total. The molecule has 0 spiro atoms. The number of nitrogens with zero attached hydrogens (tertiary/aromatic N) is 1. The smallest absolute Gasteiger partial charge is 0.317 e. The number of urea groups is 1. The molecule has 0 fully saturated rings. The van der Waals surface area contributed by atoms with E-state index < -0.39 is 5.97 Å². The highest BCUT2D eigenvalue weighted by Crippen LogP contribution is 2.17. The first-order chi connectivity index (χ1) is 9.81. The minimum Gasteiger partial charge on any atom is -0.481 e. The molecule has 0 bridgehead atoms.